The number of benzene rings is 2. The number of rotatable bonds is 5. The molecule has 3 rings (SSSR count). The van der Waals surface area contributed by atoms with Gasteiger partial charge in [0.05, 0.1) is 13.7 Å². The van der Waals surface area contributed by atoms with Gasteiger partial charge in [-0.25, -0.2) is 0 Å². The summed E-state index contributed by atoms with van der Waals surface area (Å²) in [6.45, 7) is 1.11. The summed E-state index contributed by atoms with van der Waals surface area (Å²) in [5.41, 5.74) is 3.23. The van der Waals surface area contributed by atoms with Gasteiger partial charge in [-0.1, -0.05) is 48.0 Å². The van der Waals surface area contributed by atoms with Crippen molar-refractivity contribution in [3.05, 3.63) is 70.2 Å². The van der Waals surface area contributed by atoms with Crippen LogP contribution in [-0.4, -0.2) is 36.5 Å². The standard InChI is InChI=1S/C20H21ClN2O3/c1-26-20(25)18-10-15-4-2-3-5-16(15)12-23(18)13-19(24)22-11-14-6-8-17(21)9-7-14/h2-9,18H,10-13H2,1H3,(H,22,24)/t18-/m1/s1. The Kier molecular flexibility index (Phi) is 5.91. The quantitative estimate of drug-likeness (QED) is 0.819. The van der Waals surface area contributed by atoms with Crippen LogP contribution < -0.4 is 5.32 Å². The van der Waals surface area contributed by atoms with Crippen LogP contribution in [0.3, 0.4) is 0 Å². The summed E-state index contributed by atoms with van der Waals surface area (Å²) >= 11 is 5.87. The summed E-state index contributed by atoms with van der Waals surface area (Å²) in [6, 6.07) is 14.8. The lowest BCUT2D eigenvalue weighted by molar-refractivity contribution is -0.148. The molecule has 0 unspecified atom stereocenters. The number of esters is 1. The summed E-state index contributed by atoms with van der Waals surface area (Å²) in [7, 11) is 1.38. The Hall–Kier alpha value is -2.37. The summed E-state index contributed by atoms with van der Waals surface area (Å²) in [5.74, 6) is -0.446. The highest BCUT2D eigenvalue weighted by molar-refractivity contribution is 6.30. The average Bonchev–Trinajstić information content (AvgIpc) is 2.66. The molecule has 1 aliphatic rings. The molecule has 0 fully saturated rings. The third-order valence-corrected chi connectivity index (χ3v) is 4.82. The Morgan fingerprint density at radius 1 is 1.15 bits per heavy atom. The number of halogens is 1. The van der Waals surface area contributed by atoms with Crippen LogP contribution in [0.5, 0.6) is 0 Å². The fourth-order valence-corrected chi connectivity index (χ4v) is 3.28. The highest BCUT2D eigenvalue weighted by Crippen LogP contribution is 2.23. The van der Waals surface area contributed by atoms with Crippen molar-refractivity contribution in [1.29, 1.82) is 0 Å². The first-order valence-corrected chi connectivity index (χ1v) is 8.84. The van der Waals surface area contributed by atoms with Crippen molar-refractivity contribution in [2.45, 2.75) is 25.6 Å². The van der Waals surface area contributed by atoms with Crippen molar-refractivity contribution in [1.82, 2.24) is 10.2 Å². The van der Waals surface area contributed by atoms with Crippen molar-refractivity contribution >= 4 is 23.5 Å². The van der Waals surface area contributed by atoms with E-state index in [0.29, 0.717) is 24.5 Å². The third-order valence-electron chi connectivity index (χ3n) is 4.57. The van der Waals surface area contributed by atoms with Crippen LogP contribution in [0.15, 0.2) is 48.5 Å². The molecule has 6 heteroatoms. The predicted molar refractivity (Wildman–Crippen MR) is 99.7 cm³/mol. The van der Waals surface area contributed by atoms with Gasteiger partial charge < -0.3 is 10.1 Å². The van der Waals surface area contributed by atoms with Gasteiger partial charge in [-0.2, -0.15) is 0 Å². The number of hydrogen-bond donors (Lipinski definition) is 1. The minimum absolute atomic E-state index is 0.131. The second kappa shape index (κ2) is 8.34. The molecule has 136 valence electrons. The number of ether oxygens (including phenoxy) is 1. The van der Waals surface area contributed by atoms with Gasteiger partial charge in [0.25, 0.3) is 0 Å². The number of nitrogens with zero attached hydrogens (tertiary/aromatic N) is 1. The lowest BCUT2D eigenvalue weighted by Crippen LogP contribution is -2.49. The first kappa shape index (κ1) is 18.4. The molecule has 1 atom stereocenters. The van der Waals surface area contributed by atoms with Crippen LogP contribution in [0, 0.1) is 0 Å². The zero-order valence-electron chi connectivity index (χ0n) is 14.6. The second-order valence-electron chi connectivity index (χ2n) is 6.32. The van der Waals surface area contributed by atoms with Gasteiger partial charge in [0.15, 0.2) is 0 Å². The van der Waals surface area contributed by atoms with Gasteiger partial charge >= 0.3 is 5.97 Å². The number of hydrogen-bond acceptors (Lipinski definition) is 4. The topological polar surface area (TPSA) is 58.6 Å². The van der Waals surface area contributed by atoms with E-state index in [-0.39, 0.29) is 18.4 Å². The number of methoxy groups -OCH3 is 1. The van der Waals surface area contributed by atoms with Crippen LogP contribution in [-0.2, 0) is 33.8 Å². The van der Waals surface area contributed by atoms with Gasteiger partial charge in [0.2, 0.25) is 5.91 Å². The Labute approximate surface area is 157 Å². The van der Waals surface area contributed by atoms with Crippen molar-refractivity contribution in [2.75, 3.05) is 13.7 Å². The maximum absolute atomic E-state index is 12.4. The molecule has 5 nitrogen and oxygen atoms in total. The molecule has 2 aromatic carbocycles. The molecule has 0 spiro atoms. The molecule has 0 saturated carbocycles. The van der Waals surface area contributed by atoms with E-state index in [9.17, 15) is 9.59 Å². The minimum Gasteiger partial charge on any atom is -0.468 e. The summed E-state index contributed by atoms with van der Waals surface area (Å²) in [4.78, 5) is 26.4. The van der Waals surface area contributed by atoms with Crippen molar-refractivity contribution < 1.29 is 14.3 Å². The van der Waals surface area contributed by atoms with Crippen molar-refractivity contribution in [2.24, 2.45) is 0 Å². The van der Waals surface area contributed by atoms with E-state index in [1.807, 2.05) is 41.3 Å². The fraction of sp³-hybridized carbons (Fsp3) is 0.300. The summed E-state index contributed by atoms with van der Waals surface area (Å²) < 4.78 is 4.93. The molecule has 2 aromatic rings. The van der Waals surface area contributed by atoms with E-state index >= 15 is 0 Å². The maximum atomic E-state index is 12.4. The molecule has 0 aromatic heterocycles. The van der Waals surface area contributed by atoms with Crippen LogP contribution in [0.4, 0.5) is 0 Å². The molecule has 1 N–H and O–H groups in total. The first-order chi connectivity index (χ1) is 12.6. The summed E-state index contributed by atoms with van der Waals surface area (Å²) in [5, 5.41) is 3.55. The highest BCUT2D eigenvalue weighted by atomic mass is 35.5. The Morgan fingerprint density at radius 2 is 1.85 bits per heavy atom. The number of nitrogens with one attached hydrogen (secondary N) is 1. The van der Waals surface area contributed by atoms with Gasteiger partial charge in [0, 0.05) is 18.1 Å². The van der Waals surface area contributed by atoms with Crippen LogP contribution >= 0.6 is 11.6 Å². The van der Waals surface area contributed by atoms with Gasteiger partial charge in [0.1, 0.15) is 6.04 Å². The first-order valence-electron chi connectivity index (χ1n) is 8.46. The largest absolute Gasteiger partial charge is 0.468 e. The van der Waals surface area contributed by atoms with E-state index in [4.69, 9.17) is 16.3 Å². The lowest BCUT2D eigenvalue weighted by Gasteiger charge is -2.34. The fourth-order valence-electron chi connectivity index (χ4n) is 3.16. The molecule has 0 aliphatic carbocycles. The van der Waals surface area contributed by atoms with Crippen molar-refractivity contribution in [3.8, 4) is 0 Å². The monoisotopic (exact) mass is 372 g/mol. The van der Waals surface area contributed by atoms with E-state index in [2.05, 4.69) is 5.32 Å². The van der Waals surface area contributed by atoms with E-state index in [0.717, 1.165) is 16.7 Å². The van der Waals surface area contributed by atoms with E-state index < -0.39 is 6.04 Å². The van der Waals surface area contributed by atoms with Gasteiger partial charge in [-0.05, 0) is 35.2 Å². The number of carbonyl (C=O) groups is 2. The number of fused-ring (bicyclic) bond motifs is 1. The van der Waals surface area contributed by atoms with Crippen LogP contribution in [0.1, 0.15) is 16.7 Å². The zero-order valence-corrected chi connectivity index (χ0v) is 15.3. The molecule has 0 radical (unpaired) electrons. The smallest absolute Gasteiger partial charge is 0.323 e. The SMILES string of the molecule is COC(=O)[C@H]1Cc2ccccc2CN1CC(=O)NCc1ccc(Cl)cc1. The van der Waals surface area contributed by atoms with E-state index in [1.165, 1.54) is 7.11 Å². The van der Waals surface area contributed by atoms with Gasteiger partial charge in [-0.15, -0.1) is 0 Å². The minimum atomic E-state index is -0.448. The Balaban J connectivity index is 1.64. The van der Waals surface area contributed by atoms with Gasteiger partial charge in [-0.3, -0.25) is 14.5 Å². The average molecular weight is 373 g/mol. The summed E-state index contributed by atoms with van der Waals surface area (Å²) in [6.07, 6.45) is 0.549. The molecule has 0 bridgehead atoms. The lowest BCUT2D eigenvalue weighted by atomic mass is 9.94. The molecular formula is C20H21ClN2O3. The highest BCUT2D eigenvalue weighted by Gasteiger charge is 2.33. The Morgan fingerprint density at radius 3 is 2.54 bits per heavy atom. The molecule has 1 amide bonds. The molecule has 1 heterocycles. The van der Waals surface area contributed by atoms with Crippen LogP contribution in [0.2, 0.25) is 5.02 Å². The third kappa shape index (κ3) is 4.42. The molecule has 0 saturated heterocycles. The molecule has 1 aliphatic heterocycles. The van der Waals surface area contributed by atoms with Crippen LogP contribution in [0.25, 0.3) is 0 Å². The molecular weight excluding hydrogens is 352 g/mol. The number of carbonyl (C=O) groups excluding carboxylic acids is 2. The number of amides is 1. The maximum Gasteiger partial charge on any atom is 0.323 e. The zero-order chi connectivity index (χ0) is 18.5. The van der Waals surface area contributed by atoms with Crippen molar-refractivity contribution in [3.63, 3.8) is 0 Å². The normalized spacial score (nSPS) is 16.6. The predicted octanol–water partition coefficient (Wildman–Crippen LogP) is 2.56. The molecule has 26 heavy (non-hydrogen) atoms. The second-order valence-corrected chi connectivity index (χ2v) is 6.76. The van der Waals surface area contributed by atoms with E-state index in [1.54, 1.807) is 12.1 Å². The Bertz CT molecular complexity index is 792.